The Labute approximate surface area is 120 Å². The second kappa shape index (κ2) is 4.80. The maximum Gasteiger partial charge on any atom is 0.253 e. The first-order chi connectivity index (χ1) is 9.84. The Bertz CT molecular complexity index is 515. The summed E-state index contributed by atoms with van der Waals surface area (Å²) in [6.45, 7) is 2.84. The van der Waals surface area contributed by atoms with Crippen LogP contribution in [-0.2, 0) is 0 Å². The van der Waals surface area contributed by atoms with Gasteiger partial charge in [0, 0.05) is 25.3 Å². The molecule has 106 valence electrons. The standard InChI is InChI=1S/C17H22N2O/c20-17-14-7-3-4-8-16(14)19(10-9-18-17)11-15-12-5-1-2-6-13(12)15/h3-4,7-8,12-13,15H,1-2,5-6,9-11H2,(H,18,20). The van der Waals surface area contributed by atoms with E-state index in [0.29, 0.717) is 0 Å². The molecule has 0 radical (unpaired) electrons. The summed E-state index contributed by atoms with van der Waals surface area (Å²) in [6, 6.07) is 8.05. The number of anilines is 1. The van der Waals surface area contributed by atoms with E-state index in [9.17, 15) is 4.79 Å². The van der Waals surface area contributed by atoms with Crippen molar-refractivity contribution in [1.29, 1.82) is 0 Å². The van der Waals surface area contributed by atoms with Gasteiger partial charge in [0.05, 0.1) is 5.56 Å². The topological polar surface area (TPSA) is 32.3 Å². The maximum atomic E-state index is 12.1. The van der Waals surface area contributed by atoms with Crippen LogP contribution in [0.2, 0.25) is 0 Å². The van der Waals surface area contributed by atoms with Crippen LogP contribution in [0, 0.1) is 17.8 Å². The number of nitrogens with zero attached hydrogens (tertiary/aromatic N) is 1. The molecule has 3 aliphatic rings. The second-order valence-corrected chi connectivity index (χ2v) is 6.50. The zero-order valence-electron chi connectivity index (χ0n) is 11.8. The first kappa shape index (κ1) is 12.2. The maximum absolute atomic E-state index is 12.1. The zero-order valence-corrected chi connectivity index (χ0v) is 11.8. The van der Waals surface area contributed by atoms with Gasteiger partial charge in [-0.15, -0.1) is 0 Å². The molecule has 2 fully saturated rings. The van der Waals surface area contributed by atoms with E-state index in [0.717, 1.165) is 48.6 Å². The molecule has 1 aromatic carbocycles. The van der Waals surface area contributed by atoms with Gasteiger partial charge in [0.2, 0.25) is 0 Å². The molecule has 2 saturated carbocycles. The normalized spacial score (nSPS) is 31.9. The Kier molecular flexibility index (Phi) is 2.94. The first-order valence-electron chi connectivity index (χ1n) is 7.97. The van der Waals surface area contributed by atoms with Crippen LogP contribution >= 0.6 is 0 Å². The van der Waals surface area contributed by atoms with Crippen molar-refractivity contribution in [1.82, 2.24) is 5.32 Å². The fourth-order valence-corrected chi connectivity index (χ4v) is 4.32. The second-order valence-electron chi connectivity index (χ2n) is 6.50. The number of fused-ring (bicyclic) bond motifs is 2. The van der Waals surface area contributed by atoms with Crippen molar-refractivity contribution in [3.63, 3.8) is 0 Å². The van der Waals surface area contributed by atoms with Crippen molar-refractivity contribution in [2.24, 2.45) is 17.8 Å². The van der Waals surface area contributed by atoms with Gasteiger partial charge in [-0.3, -0.25) is 4.79 Å². The fourth-order valence-electron chi connectivity index (χ4n) is 4.32. The van der Waals surface area contributed by atoms with Gasteiger partial charge in [-0.25, -0.2) is 0 Å². The molecule has 1 heterocycles. The van der Waals surface area contributed by atoms with Gasteiger partial charge >= 0.3 is 0 Å². The average Bonchev–Trinajstić information content (AvgIpc) is 3.21. The van der Waals surface area contributed by atoms with E-state index in [1.807, 2.05) is 18.2 Å². The van der Waals surface area contributed by atoms with E-state index in [1.54, 1.807) is 0 Å². The summed E-state index contributed by atoms with van der Waals surface area (Å²) in [5, 5.41) is 3.01. The molecular formula is C17H22N2O. The third-order valence-electron chi connectivity index (χ3n) is 5.42. The van der Waals surface area contributed by atoms with Crippen LogP contribution in [0.15, 0.2) is 24.3 Å². The molecule has 0 aromatic heterocycles. The molecule has 2 atom stereocenters. The number of rotatable bonds is 2. The van der Waals surface area contributed by atoms with Crippen LogP contribution in [0.5, 0.6) is 0 Å². The molecule has 4 rings (SSSR count). The highest BCUT2D eigenvalue weighted by Crippen LogP contribution is 2.55. The number of benzene rings is 1. The minimum absolute atomic E-state index is 0.0799. The first-order valence-corrected chi connectivity index (χ1v) is 7.97. The number of hydrogen-bond donors (Lipinski definition) is 1. The summed E-state index contributed by atoms with van der Waals surface area (Å²) >= 11 is 0. The Morgan fingerprint density at radius 1 is 1.15 bits per heavy atom. The van der Waals surface area contributed by atoms with Gasteiger partial charge < -0.3 is 10.2 Å². The molecule has 0 saturated heterocycles. The third-order valence-corrected chi connectivity index (χ3v) is 5.42. The monoisotopic (exact) mass is 270 g/mol. The molecule has 2 unspecified atom stereocenters. The molecule has 3 heteroatoms. The van der Waals surface area contributed by atoms with Gasteiger partial charge in [0.15, 0.2) is 0 Å². The molecule has 1 amide bonds. The lowest BCUT2D eigenvalue weighted by molar-refractivity contribution is 0.0958. The minimum Gasteiger partial charge on any atom is -0.369 e. The number of hydrogen-bond acceptors (Lipinski definition) is 2. The highest BCUT2D eigenvalue weighted by atomic mass is 16.1. The zero-order chi connectivity index (χ0) is 13.5. The minimum atomic E-state index is 0.0799. The van der Waals surface area contributed by atoms with E-state index < -0.39 is 0 Å². The number of para-hydroxylation sites is 1. The lowest BCUT2D eigenvalue weighted by Crippen LogP contribution is -2.31. The van der Waals surface area contributed by atoms with Gasteiger partial charge in [-0.1, -0.05) is 25.0 Å². The fraction of sp³-hybridized carbons (Fsp3) is 0.588. The summed E-state index contributed by atoms with van der Waals surface area (Å²) in [5.74, 6) is 2.90. The third kappa shape index (κ3) is 2.00. The summed E-state index contributed by atoms with van der Waals surface area (Å²) < 4.78 is 0. The van der Waals surface area contributed by atoms with Crippen molar-refractivity contribution in [3.05, 3.63) is 29.8 Å². The molecule has 2 aliphatic carbocycles. The van der Waals surface area contributed by atoms with Gasteiger partial charge in [-0.05, 0) is 42.7 Å². The average molecular weight is 270 g/mol. The van der Waals surface area contributed by atoms with E-state index in [1.165, 1.54) is 25.7 Å². The number of carbonyl (C=O) groups excluding carboxylic acids is 1. The van der Waals surface area contributed by atoms with Gasteiger partial charge in [0.25, 0.3) is 5.91 Å². The van der Waals surface area contributed by atoms with E-state index >= 15 is 0 Å². The van der Waals surface area contributed by atoms with Crippen LogP contribution in [-0.4, -0.2) is 25.5 Å². The SMILES string of the molecule is O=C1NCCN(CC2C3CCCCC32)c2ccccc21. The Balaban J connectivity index is 1.56. The molecule has 20 heavy (non-hydrogen) atoms. The predicted octanol–water partition coefficient (Wildman–Crippen LogP) is 2.67. The summed E-state index contributed by atoms with van der Waals surface area (Å²) in [4.78, 5) is 14.5. The highest BCUT2D eigenvalue weighted by Gasteiger charge is 2.50. The smallest absolute Gasteiger partial charge is 0.253 e. The number of amides is 1. The summed E-state index contributed by atoms with van der Waals surface area (Å²) in [5.41, 5.74) is 1.97. The van der Waals surface area contributed by atoms with E-state index in [4.69, 9.17) is 0 Å². The molecule has 1 aliphatic heterocycles. The molecule has 0 bridgehead atoms. The van der Waals surface area contributed by atoms with Crippen LogP contribution in [0.3, 0.4) is 0 Å². The van der Waals surface area contributed by atoms with Crippen molar-refractivity contribution < 1.29 is 4.79 Å². The van der Waals surface area contributed by atoms with Crippen LogP contribution in [0.1, 0.15) is 36.0 Å². The van der Waals surface area contributed by atoms with Crippen molar-refractivity contribution in [2.45, 2.75) is 25.7 Å². The quantitative estimate of drug-likeness (QED) is 0.896. The van der Waals surface area contributed by atoms with Crippen LogP contribution < -0.4 is 10.2 Å². The Morgan fingerprint density at radius 3 is 2.70 bits per heavy atom. The van der Waals surface area contributed by atoms with Crippen molar-refractivity contribution in [2.75, 3.05) is 24.5 Å². The van der Waals surface area contributed by atoms with Gasteiger partial charge in [-0.2, -0.15) is 0 Å². The summed E-state index contributed by atoms with van der Waals surface area (Å²) in [7, 11) is 0. The molecular weight excluding hydrogens is 248 g/mol. The lowest BCUT2D eigenvalue weighted by atomic mass is 10.0. The number of carbonyl (C=O) groups is 1. The Hall–Kier alpha value is -1.51. The molecule has 1 N–H and O–H groups in total. The largest absolute Gasteiger partial charge is 0.369 e. The van der Waals surface area contributed by atoms with Crippen molar-refractivity contribution >= 4 is 11.6 Å². The lowest BCUT2D eigenvalue weighted by Gasteiger charge is -2.24. The van der Waals surface area contributed by atoms with E-state index in [2.05, 4.69) is 16.3 Å². The van der Waals surface area contributed by atoms with Crippen molar-refractivity contribution in [3.8, 4) is 0 Å². The number of nitrogens with one attached hydrogen (secondary N) is 1. The van der Waals surface area contributed by atoms with Crippen LogP contribution in [0.4, 0.5) is 5.69 Å². The van der Waals surface area contributed by atoms with E-state index in [-0.39, 0.29) is 5.91 Å². The highest BCUT2D eigenvalue weighted by molar-refractivity contribution is 6.00. The molecule has 0 spiro atoms. The molecule has 3 nitrogen and oxygen atoms in total. The molecule has 1 aromatic rings. The Morgan fingerprint density at radius 2 is 1.90 bits per heavy atom. The summed E-state index contributed by atoms with van der Waals surface area (Å²) in [6.07, 6.45) is 5.71. The predicted molar refractivity (Wildman–Crippen MR) is 79.9 cm³/mol. The van der Waals surface area contributed by atoms with Gasteiger partial charge in [0.1, 0.15) is 0 Å². The van der Waals surface area contributed by atoms with Crippen LogP contribution in [0.25, 0.3) is 0 Å².